The lowest BCUT2D eigenvalue weighted by atomic mass is 10.1. The van der Waals surface area contributed by atoms with E-state index in [0.717, 1.165) is 24.5 Å². The standard InChI is InChI=1S/C16H17NOS/c1-17-11-10-15-12-6-2-3-7-13(12)18-14-8-4-5-9-16(14)19-15/h2-9,15,17H,10-11H2,1H3/p+1/t15-/m0/s1. The molecular formula is C16H18NOS+. The number of rotatable bonds is 3. The molecule has 0 saturated carbocycles. The quantitative estimate of drug-likeness (QED) is 0.928. The number of hydrogen-bond acceptors (Lipinski definition) is 2. The Labute approximate surface area is 118 Å². The molecule has 98 valence electrons. The molecule has 2 aromatic carbocycles. The van der Waals surface area contributed by atoms with Crippen LogP contribution >= 0.6 is 11.8 Å². The molecule has 1 atom stereocenters. The SMILES string of the molecule is C[NH2+]CC[C@@H]1Sc2ccccc2Oc2ccccc21. The van der Waals surface area contributed by atoms with Gasteiger partial charge in [0.1, 0.15) is 11.5 Å². The molecule has 1 heterocycles. The molecule has 19 heavy (non-hydrogen) atoms. The summed E-state index contributed by atoms with van der Waals surface area (Å²) in [5.74, 6) is 1.98. The van der Waals surface area contributed by atoms with Crippen molar-refractivity contribution >= 4 is 11.8 Å². The van der Waals surface area contributed by atoms with Gasteiger partial charge >= 0.3 is 0 Å². The predicted molar refractivity (Wildman–Crippen MR) is 78.9 cm³/mol. The fourth-order valence-electron chi connectivity index (χ4n) is 2.34. The van der Waals surface area contributed by atoms with Gasteiger partial charge in [-0.15, -0.1) is 11.8 Å². The van der Waals surface area contributed by atoms with Gasteiger partial charge in [-0.1, -0.05) is 30.3 Å². The van der Waals surface area contributed by atoms with Crippen LogP contribution in [0.2, 0.25) is 0 Å². The Hall–Kier alpha value is -1.45. The minimum Gasteiger partial charge on any atom is -0.456 e. The van der Waals surface area contributed by atoms with Crippen LogP contribution in [0.25, 0.3) is 0 Å². The number of hydrogen-bond donors (Lipinski definition) is 1. The molecule has 3 heteroatoms. The summed E-state index contributed by atoms with van der Waals surface area (Å²) in [5, 5.41) is 2.71. The first-order valence-corrected chi connectivity index (χ1v) is 7.56. The molecule has 2 nitrogen and oxygen atoms in total. The molecule has 0 bridgehead atoms. The minimum absolute atomic E-state index is 0.469. The maximum absolute atomic E-state index is 6.08. The number of fused-ring (bicyclic) bond motifs is 2. The molecule has 2 aromatic rings. The van der Waals surface area contributed by atoms with Gasteiger partial charge in [0.15, 0.2) is 0 Å². The third-order valence-electron chi connectivity index (χ3n) is 3.32. The van der Waals surface area contributed by atoms with Crippen molar-refractivity contribution in [3.05, 3.63) is 54.1 Å². The molecule has 0 amide bonds. The Morgan fingerprint density at radius 1 is 1.05 bits per heavy atom. The average molecular weight is 272 g/mol. The number of ether oxygens (including phenoxy) is 1. The minimum atomic E-state index is 0.469. The normalized spacial score (nSPS) is 17.0. The lowest BCUT2D eigenvalue weighted by Gasteiger charge is -2.14. The van der Waals surface area contributed by atoms with Gasteiger partial charge in [-0.05, 0) is 18.2 Å². The first-order valence-electron chi connectivity index (χ1n) is 6.69. The summed E-state index contributed by atoms with van der Waals surface area (Å²) in [6.45, 7) is 1.13. The molecule has 0 fully saturated rings. The van der Waals surface area contributed by atoms with Crippen LogP contribution in [0, 0.1) is 0 Å². The molecule has 1 aliphatic rings. The van der Waals surface area contributed by atoms with Crippen molar-refractivity contribution in [3.8, 4) is 11.5 Å². The van der Waals surface area contributed by atoms with Crippen molar-refractivity contribution in [3.63, 3.8) is 0 Å². The van der Waals surface area contributed by atoms with Crippen LogP contribution in [0.1, 0.15) is 17.2 Å². The van der Waals surface area contributed by atoms with Gasteiger partial charge in [-0.3, -0.25) is 0 Å². The Morgan fingerprint density at radius 3 is 2.63 bits per heavy atom. The van der Waals surface area contributed by atoms with Crippen LogP contribution < -0.4 is 10.1 Å². The predicted octanol–water partition coefficient (Wildman–Crippen LogP) is 3.21. The highest BCUT2D eigenvalue weighted by Crippen LogP contribution is 2.49. The highest BCUT2D eigenvalue weighted by molar-refractivity contribution is 7.99. The van der Waals surface area contributed by atoms with Crippen LogP contribution in [0.4, 0.5) is 0 Å². The van der Waals surface area contributed by atoms with Crippen molar-refractivity contribution in [1.82, 2.24) is 0 Å². The molecule has 1 aliphatic heterocycles. The van der Waals surface area contributed by atoms with E-state index in [1.807, 2.05) is 30.0 Å². The maximum Gasteiger partial charge on any atom is 0.141 e. The zero-order chi connectivity index (χ0) is 13.1. The number of benzene rings is 2. The molecule has 0 unspecified atom stereocenters. The first kappa shape index (κ1) is 12.6. The monoisotopic (exact) mass is 272 g/mol. The van der Waals surface area contributed by atoms with Crippen LogP contribution in [-0.2, 0) is 0 Å². The second-order valence-corrected chi connectivity index (χ2v) is 5.92. The summed E-state index contributed by atoms with van der Waals surface area (Å²) in [6.07, 6.45) is 1.15. The Morgan fingerprint density at radius 2 is 1.79 bits per heavy atom. The average Bonchev–Trinajstić information content (AvgIpc) is 2.61. The van der Waals surface area contributed by atoms with Crippen molar-refractivity contribution in [1.29, 1.82) is 0 Å². The van der Waals surface area contributed by atoms with Crippen LogP contribution in [0.5, 0.6) is 11.5 Å². The highest BCUT2D eigenvalue weighted by Gasteiger charge is 2.23. The Balaban J connectivity index is 2.01. The summed E-state index contributed by atoms with van der Waals surface area (Å²) in [6, 6.07) is 16.7. The second kappa shape index (κ2) is 5.68. The zero-order valence-corrected chi connectivity index (χ0v) is 11.8. The van der Waals surface area contributed by atoms with Crippen molar-refractivity contribution in [2.75, 3.05) is 13.6 Å². The summed E-state index contributed by atoms with van der Waals surface area (Å²) >= 11 is 1.92. The first-order chi connectivity index (χ1) is 9.38. The molecule has 0 saturated heterocycles. The van der Waals surface area contributed by atoms with Gasteiger partial charge in [0.2, 0.25) is 0 Å². The summed E-state index contributed by atoms with van der Waals surface area (Å²) in [7, 11) is 2.12. The Kier molecular flexibility index (Phi) is 3.76. The topological polar surface area (TPSA) is 25.8 Å². The molecule has 0 aliphatic carbocycles. The van der Waals surface area contributed by atoms with E-state index in [9.17, 15) is 0 Å². The van der Waals surface area contributed by atoms with E-state index in [-0.39, 0.29) is 0 Å². The van der Waals surface area contributed by atoms with E-state index < -0.39 is 0 Å². The third-order valence-corrected chi connectivity index (χ3v) is 4.69. The number of thioether (sulfide) groups is 1. The largest absolute Gasteiger partial charge is 0.456 e. The van der Waals surface area contributed by atoms with Gasteiger partial charge < -0.3 is 10.1 Å². The van der Waals surface area contributed by atoms with Crippen molar-refractivity contribution < 1.29 is 10.1 Å². The van der Waals surface area contributed by atoms with E-state index in [0.29, 0.717) is 5.25 Å². The second-order valence-electron chi connectivity index (χ2n) is 4.68. The van der Waals surface area contributed by atoms with E-state index in [1.165, 1.54) is 10.5 Å². The fourth-order valence-corrected chi connectivity index (χ4v) is 3.60. The molecule has 0 aromatic heterocycles. The van der Waals surface area contributed by atoms with Gasteiger partial charge in [-0.25, -0.2) is 0 Å². The third kappa shape index (κ3) is 2.62. The molecule has 0 spiro atoms. The summed E-state index contributed by atoms with van der Waals surface area (Å²) < 4.78 is 6.08. The summed E-state index contributed by atoms with van der Waals surface area (Å²) in [4.78, 5) is 1.24. The van der Waals surface area contributed by atoms with Crippen molar-refractivity contribution in [2.45, 2.75) is 16.6 Å². The van der Waals surface area contributed by atoms with Crippen molar-refractivity contribution in [2.24, 2.45) is 0 Å². The van der Waals surface area contributed by atoms with Crippen LogP contribution in [0.15, 0.2) is 53.4 Å². The van der Waals surface area contributed by atoms with Gasteiger partial charge in [0.25, 0.3) is 0 Å². The summed E-state index contributed by atoms with van der Waals surface area (Å²) in [5.41, 5.74) is 1.31. The van der Waals surface area contributed by atoms with E-state index in [2.05, 4.69) is 42.7 Å². The van der Waals surface area contributed by atoms with E-state index in [1.54, 1.807) is 0 Å². The molecule has 0 radical (unpaired) electrons. The van der Waals surface area contributed by atoms with Gasteiger partial charge in [0.05, 0.1) is 18.5 Å². The fraction of sp³-hybridized carbons (Fsp3) is 0.250. The van der Waals surface area contributed by atoms with E-state index in [4.69, 9.17) is 4.74 Å². The van der Waals surface area contributed by atoms with E-state index >= 15 is 0 Å². The number of para-hydroxylation sites is 2. The highest BCUT2D eigenvalue weighted by atomic mass is 32.2. The zero-order valence-electron chi connectivity index (χ0n) is 11.0. The maximum atomic E-state index is 6.08. The van der Waals surface area contributed by atoms with Gasteiger partial charge in [-0.2, -0.15) is 0 Å². The molecule has 2 N–H and O–H groups in total. The number of quaternary nitrogens is 1. The van der Waals surface area contributed by atoms with Crippen LogP contribution in [-0.4, -0.2) is 13.6 Å². The molecular weight excluding hydrogens is 254 g/mol. The molecule has 3 rings (SSSR count). The lowest BCUT2D eigenvalue weighted by Crippen LogP contribution is -2.79. The Bertz CT molecular complexity index is 570. The van der Waals surface area contributed by atoms with Crippen LogP contribution in [0.3, 0.4) is 0 Å². The van der Waals surface area contributed by atoms with Gasteiger partial charge in [0, 0.05) is 17.2 Å². The smallest absolute Gasteiger partial charge is 0.141 e. The lowest BCUT2D eigenvalue weighted by molar-refractivity contribution is -0.627. The number of nitrogens with two attached hydrogens (primary N) is 1.